The van der Waals surface area contributed by atoms with Gasteiger partial charge in [0.2, 0.25) is 0 Å². The Morgan fingerprint density at radius 1 is 1.58 bits per heavy atom. The Bertz CT molecular complexity index is 166. The van der Waals surface area contributed by atoms with Crippen molar-refractivity contribution < 1.29 is 4.74 Å². The van der Waals surface area contributed by atoms with E-state index < -0.39 is 0 Å². The standard InChI is InChI=1S/C9H18N2O/c1-7(2)9(11-10)8-4-3-5-12-6-8/h6-7,9,11H,3-5,10H2,1-2H3. The second kappa shape index (κ2) is 4.48. The molecule has 1 atom stereocenters. The molecule has 0 fully saturated rings. The molecule has 1 aliphatic heterocycles. The van der Waals surface area contributed by atoms with Crippen molar-refractivity contribution in [3.63, 3.8) is 0 Å². The summed E-state index contributed by atoms with van der Waals surface area (Å²) in [4.78, 5) is 0. The first-order chi connectivity index (χ1) is 5.75. The van der Waals surface area contributed by atoms with Gasteiger partial charge >= 0.3 is 0 Å². The zero-order valence-corrected chi connectivity index (χ0v) is 7.84. The van der Waals surface area contributed by atoms with Gasteiger partial charge in [-0.1, -0.05) is 13.8 Å². The number of nitrogens with one attached hydrogen (secondary N) is 1. The highest BCUT2D eigenvalue weighted by molar-refractivity contribution is 5.10. The normalized spacial score (nSPS) is 20.2. The van der Waals surface area contributed by atoms with E-state index in [1.807, 2.05) is 6.26 Å². The van der Waals surface area contributed by atoms with E-state index in [-0.39, 0.29) is 6.04 Å². The van der Waals surface area contributed by atoms with Gasteiger partial charge in [-0.3, -0.25) is 11.3 Å². The Morgan fingerprint density at radius 3 is 2.75 bits per heavy atom. The lowest BCUT2D eigenvalue weighted by Crippen LogP contribution is -2.41. The quantitative estimate of drug-likeness (QED) is 0.493. The predicted molar refractivity (Wildman–Crippen MR) is 49.2 cm³/mol. The van der Waals surface area contributed by atoms with E-state index in [0.717, 1.165) is 19.4 Å². The molecule has 1 heterocycles. The lowest BCUT2D eigenvalue weighted by Gasteiger charge is -2.25. The summed E-state index contributed by atoms with van der Waals surface area (Å²) < 4.78 is 5.26. The summed E-state index contributed by atoms with van der Waals surface area (Å²) in [5.41, 5.74) is 4.11. The molecule has 0 spiro atoms. The first kappa shape index (κ1) is 9.55. The van der Waals surface area contributed by atoms with Crippen LogP contribution in [0.4, 0.5) is 0 Å². The number of nitrogens with two attached hydrogens (primary N) is 1. The molecular formula is C9H18N2O. The molecule has 1 aliphatic rings. The van der Waals surface area contributed by atoms with Gasteiger partial charge in [-0.2, -0.15) is 0 Å². The summed E-state index contributed by atoms with van der Waals surface area (Å²) in [5.74, 6) is 5.97. The summed E-state index contributed by atoms with van der Waals surface area (Å²) in [7, 11) is 0. The van der Waals surface area contributed by atoms with E-state index in [2.05, 4.69) is 19.3 Å². The fraction of sp³-hybridized carbons (Fsp3) is 0.778. The maximum absolute atomic E-state index is 5.46. The van der Waals surface area contributed by atoms with Crippen LogP contribution in [0, 0.1) is 5.92 Å². The zero-order chi connectivity index (χ0) is 8.97. The second-order valence-corrected chi connectivity index (χ2v) is 3.56. The van der Waals surface area contributed by atoms with Gasteiger partial charge < -0.3 is 4.74 Å². The average Bonchev–Trinajstić information content (AvgIpc) is 2.07. The minimum Gasteiger partial charge on any atom is -0.501 e. The van der Waals surface area contributed by atoms with Crippen molar-refractivity contribution in [1.82, 2.24) is 5.43 Å². The number of hydrogen-bond donors (Lipinski definition) is 2. The van der Waals surface area contributed by atoms with Crippen LogP contribution in [-0.2, 0) is 4.74 Å². The zero-order valence-electron chi connectivity index (χ0n) is 7.84. The van der Waals surface area contributed by atoms with E-state index in [4.69, 9.17) is 10.6 Å². The lowest BCUT2D eigenvalue weighted by atomic mass is 9.93. The Labute approximate surface area is 73.9 Å². The smallest absolute Gasteiger partial charge is 0.0876 e. The maximum Gasteiger partial charge on any atom is 0.0876 e. The van der Waals surface area contributed by atoms with Gasteiger partial charge in [0.1, 0.15) is 0 Å². The van der Waals surface area contributed by atoms with Gasteiger partial charge in [-0.15, -0.1) is 0 Å². The summed E-state index contributed by atoms with van der Waals surface area (Å²) in [6, 6.07) is 0.269. The van der Waals surface area contributed by atoms with E-state index in [9.17, 15) is 0 Å². The van der Waals surface area contributed by atoms with Gasteiger partial charge in [-0.25, -0.2) is 0 Å². The van der Waals surface area contributed by atoms with E-state index in [1.54, 1.807) is 0 Å². The minimum absolute atomic E-state index is 0.269. The van der Waals surface area contributed by atoms with Crippen molar-refractivity contribution in [1.29, 1.82) is 0 Å². The minimum atomic E-state index is 0.269. The van der Waals surface area contributed by atoms with E-state index in [1.165, 1.54) is 5.57 Å². The van der Waals surface area contributed by atoms with Gasteiger partial charge in [0, 0.05) is 6.04 Å². The topological polar surface area (TPSA) is 47.3 Å². The third-order valence-electron chi connectivity index (χ3n) is 2.21. The lowest BCUT2D eigenvalue weighted by molar-refractivity contribution is 0.215. The van der Waals surface area contributed by atoms with Crippen LogP contribution in [0.2, 0.25) is 0 Å². The van der Waals surface area contributed by atoms with Gasteiger partial charge in [0.05, 0.1) is 12.9 Å². The van der Waals surface area contributed by atoms with Crippen LogP contribution in [0.1, 0.15) is 26.7 Å². The summed E-state index contributed by atoms with van der Waals surface area (Å²) in [6.45, 7) is 5.15. The highest BCUT2D eigenvalue weighted by Crippen LogP contribution is 2.19. The van der Waals surface area contributed by atoms with Crippen LogP contribution in [0.3, 0.4) is 0 Å². The molecule has 0 bridgehead atoms. The summed E-state index contributed by atoms with van der Waals surface area (Å²) in [6.07, 6.45) is 4.07. The first-order valence-electron chi connectivity index (χ1n) is 4.52. The second-order valence-electron chi connectivity index (χ2n) is 3.56. The molecule has 0 radical (unpaired) electrons. The Balaban J connectivity index is 2.57. The highest BCUT2D eigenvalue weighted by Gasteiger charge is 2.18. The highest BCUT2D eigenvalue weighted by atomic mass is 16.5. The van der Waals surface area contributed by atoms with Crippen LogP contribution in [0.15, 0.2) is 11.8 Å². The number of hydrogen-bond acceptors (Lipinski definition) is 3. The van der Waals surface area contributed by atoms with Crippen LogP contribution in [0.5, 0.6) is 0 Å². The van der Waals surface area contributed by atoms with E-state index in [0.29, 0.717) is 5.92 Å². The fourth-order valence-corrected chi connectivity index (χ4v) is 1.54. The number of ether oxygens (including phenoxy) is 1. The third kappa shape index (κ3) is 2.22. The largest absolute Gasteiger partial charge is 0.501 e. The molecule has 0 saturated heterocycles. The van der Waals surface area contributed by atoms with Crippen molar-refractivity contribution in [3.05, 3.63) is 11.8 Å². The molecule has 1 rings (SSSR count). The SMILES string of the molecule is CC(C)C(NN)C1=COCCC1. The molecule has 3 nitrogen and oxygen atoms in total. The van der Waals surface area contributed by atoms with Crippen LogP contribution >= 0.6 is 0 Å². The van der Waals surface area contributed by atoms with Crippen molar-refractivity contribution in [2.45, 2.75) is 32.7 Å². The molecule has 0 aromatic heterocycles. The Kier molecular flexibility index (Phi) is 3.56. The number of rotatable bonds is 3. The Hall–Kier alpha value is -0.540. The van der Waals surface area contributed by atoms with Crippen molar-refractivity contribution >= 4 is 0 Å². The first-order valence-corrected chi connectivity index (χ1v) is 4.52. The molecule has 70 valence electrons. The average molecular weight is 170 g/mol. The van der Waals surface area contributed by atoms with Crippen LogP contribution in [0.25, 0.3) is 0 Å². The predicted octanol–water partition coefficient (Wildman–Crippen LogP) is 1.17. The van der Waals surface area contributed by atoms with Gasteiger partial charge in [0.25, 0.3) is 0 Å². The van der Waals surface area contributed by atoms with Gasteiger partial charge in [0.15, 0.2) is 0 Å². The molecule has 0 aliphatic carbocycles. The van der Waals surface area contributed by atoms with Crippen LogP contribution < -0.4 is 11.3 Å². The fourth-order valence-electron chi connectivity index (χ4n) is 1.54. The van der Waals surface area contributed by atoms with Crippen molar-refractivity contribution in [3.8, 4) is 0 Å². The Morgan fingerprint density at radius 2 is 2.33 bits per heavy atom. The molecule has 0 amide bonds. The molecule has 3 heteroatoms. The molecule has 1 unspecified atom stereocenters. The van der Waals surface area contributed by atoms with Crippen molar-refractivity contribution in [2.75, 3.05) is 6.61 Å². The van der Waals surface area contributed by atoms with E-state index >= 15 is 0 Å². The summed E-state index contributed by atoms with van der Waals surface area (Å²) >= 11 is 0. The van der Waals surface area contributed by atoms with Crippen LogP contribution in [-0.4, -0.2) is 12.6 Å². The monoisotopic (exact) mass is 170 g/mol. The molecule has 0 saturated carbocycles. The van der Waals surface area contributed by atoms with Crippen molar-refractivity contribution in [2.24, 2.45) is 11.8 Å². The molecule has 12 heavy (non-hydrogen) atoms. The third-order valence-corrected chi connectivity index (χ3v) is 2.21. The number of hydrazine groups is 1. The maximum atomic E-state index is 5.46. The molecule has 0 aromatic rings. The molecular weight excluding hydrogens is 152 g/mol. The molecule has 3 N–H and O–H groups in total. The molecule has 0 aromatic carbocycles. The summed E-state index contributed by atoms with van der Waals surface area (Å²) in [5, 5.41) is 0. The van der Waals surface area contributed by atoms with Gasteiger partial charge in [-0.05, 0) is 24.3 Å².